The van der Waals surface area contributed by atoms with Gasteiger partial charge in [-0.1, -0.05) is 60.7 Å². The third-order valence-electron chi connectivity index (χ3n) is 7.56. The van der Waals surface area contributed by atoms with Crippen LogP contribution in [0.5, 0.6) is 0 Å². The van der Waals surface area contributed by atoms with Gasteiger partial charge in [-0.15, -0.1) is 18.3 Å². The van der Waals surface area contributed by atoms with E-state index in [9.17, 15) is 19.5 Å². The first kappa shape index (κ1) is 30.6. The number of benzene rings is 2. The Bertz CT molecular complexity index is 1210. The van der Waals surface area contributed by atoms with Crippen molar-refractivity contribution in [2.75, 3.05) is 19.1 Å². The largest absolute Gasteiger partial charge is 0.444 e. The number of hydrogen-bond acceptors (Lipinski definition) is 7. The third kappa shape index (κ3) is 7.90. The van der Waals surface area contributed by atoms with E-state index in [2.05, 4.69) is 11.9 Å². The fraction of sp³-hybridized carbons (Fsp3) is 0.452. The van der Waals surface area contributed by atoms with E-state index in [1.54, 1.807) is 4.90 Å². The molecule has 2 unspecified atom stereocenters. The number of carbonyl (C=O) groups is 3. The number of nitrogens with one attached hydrogen (secondary N) is 1. The number of nitrogens with zero attached hydrogens (tertiary/aromatic N) is 2. The Morgan fingerprint density at radius 3 is 2.63 bits per heavy atom. The predicted octanol–water partition coefficient (Wildman–Crippen LogP) is 3.63. The molecule has 2 aliphatic rings. The monoisotopic (exact) mass is 581 g/mol. The Labute approximate surface area is 245 Å². The van der Waals surface area contributed by atoms with Gasteiger partial charge in [-0.25, -0.2) is 4.79 Å². The van der Waals surface area contributed by atoms with E-state index in [1.807, 2.05) is 68.4 Å². The van der Waals surface area contributed by atoms with E-state index in [1.165, 1.54) is 22.7 Å². The lowest BCUT2D eigenvalue weighted by Gasteiger charge is -2.32. The summed E-state index contributed by atoms with van der Waals surface area (Å²) in [6.45, 7) is 9.00. The normalized spacial score (nSPS) is 22.5. The van der Waals surface area contributed by atoms with Gasteiger partial charge in [0.2, 0.25) is 0 Å². The number of carbonyl (C=O) groups excluding carboxylic acids is 3. The molecule has 10 heteroatoms. The summed E-state index contributed by atoms with van der Waals surface area (Å²) in [4.78, 5) is 43.4. The molecule has 0 aromatic heterocycles. The smallest absolute Gasteiger partial charge is 0.407 e. The fourth-order valence-corrected chi connectivity index (χ4v) is 6.03. The van der Waals surface area contributed by atoms with Crippen molar-refractivity contribution in [3.63, 3.8) is 0 Å². The Morgan fingerprint density at radius 2 is 1.95 bits per heavy atom. The summed E-state index contributed by atoms with van der Waals surface area (Å²) in [7, 11) is 0. The van der Waals surface area contributed by atoms with Crippen molar-refractivity contribution in [2.24, 2.45) is 0 Å². The molecule has 2 N–H and O–H groups in total. The minimum atomic E-state index is -1.60. The van der Waals surface area contributed by atoms with Crippen molar-refractivity contribution in [3.05, 3.63) is 83.9 Å². The van der Waals surface area contributed by atoms with Crippen LogP contribution >= 0.6 is 11.8 Å². The van der Waals surface area contributed by atoms with Gasteiger partial charge in [-0.05, 0) is 43.4 Å². The van der Waals surface area contributed by atoms with Crippen molar-refractivity contribution in [1.82, 2.24) is 15.1 Å². The molecular formula is C31H39N3O6S. The molecule has 2 heterocycles. The zero-order chi connectivity index (χ0) is 29.4. The van der Waals surface area contributed by atoms with Crippen LogP contribution < -0.4 is 5.32 Å². The maximum absolute atomic E-state index is 13.8. The third-order valence-corrected chi connectivity index (χ3v) is 8.72. The van der Waals surface area contributed by atoms with Gasteiger partial charge >= 0.3 is 6.09 Å². The molecule has 220 valence electrons. The molecule has 2 aliphatic heterocycles. The van der Waals surface area contributed by atoms with Crippen LogP contribution in [-0.2, 0) is 32.0 Å². The fourth-order valence-electron chi connectivity index (χ4n) is 5.01. The Balaban J connectivity index is 1.50. The van der Waals surface area contributed by atoms with Gasteiger partial charge in [-0.3, -0.25) is 9.59 Å². The number of rotatable bonds is 10. The first-order chi connectivity index (χ1) is 19.8. The quantitative estimate of drug-likeness (QED) is 0.413. The number of aliphatic hydroxyl groups is 1. The summed E-state index contributed by atoms with van der Waals surface area (Å²) >= 11 is 1.43. The molecule has 9 nitrogen and oxygen atoms in total. The molecule has 0 spiro atoms. The highest BCUT2D eigenvalue weighted by Crippen LogP contribution is 2.28. The van der Waals surface area contributed by atoms with E-state index in [4.69, 9.17) is 9.47 Å². The lowest BCUT2D eigenvalue weighted by atomic mass is 10.00. The van der Waals surface area contributed by atoms with E-state index >= 15 is 0 Å². The summed E-state index contributed by atoms with van der Waals surface area (Å²) in [5, 5.41) is 13.9. The number of alkyl carbamates (subject to hydrolysis) is 1. The van der Waals surface area contributed by atoms with Gasteiger partial charge in [-0.2, -0.15) is 0 Å². The lowest BCUT2D eigenvalue weighted by molar-refractivity contribution is -0.148. The van der Waals surface area contributed by atoms with Gasteiger partial charge < -0.3 is 29.7 Å². The zero-order valence-electron chi connectivity index (χ0n) is 23.6. The predicted molar refractivity (Wildman–Crippen MR) is 158 cm³/mol. The summed E-state index contributed by atoms with van der Waals surface area (Å²) in [6, 6.07) is 15.6. The first-order valence-electron chi connectivity index (χ1n) is 13.9. The maximum atomic E-state index is 13.8. The molecule has 0 radical (unpaired) electrons. The highest BCUT2D eigenvalue weighted by atomic mass is 32.2. The van der Waals surface area contributed by atoms with Crippen LogP contribution in [0.4, 0.5) is 4.79 Å². The van der Waals surface area contributed by atoms with Crippen molar-refractivity contribution in [2.45, 2.75) is 69.3 Å². The van der Waals surface area contributed by atoms with Crippen molar-refractivity contribution < 1.29 is 29.0 Å². The molecule has 0 bridgehead atoms. The van der Waals surface area contributed by atoms with Crippen LogP contribution in [0.3, 0.4) is 0 Å². The number of thioether (sulfide) groups is 1. The zero-order valence-corrected chi connectivity index (χ0v) is 24.4. The van der Waals surface area contributed by atoms with Gasteiger partial charge in [0.25, 0.3) is 11.8 Å². The first-order valence-corrected chi connectivity index (χ1v) is 15.0. The molecule has 2 aromatic carbocycles. The second kappa shape index (κ2) is 14.5. The van der Waals surface area contributed by atoms with Crippen LogP contribution in [0.25, 0.3) is 0 Å². The maximum Gasteiger partial charge on any atom is 0.407 e. The number of ether oxygens (including phenoxy) is 2. The Hall–Kier alpha value is -3.34. The molecule has 41 heavy (non-hydrogen) atoms. The molecule has 5 atom stereocenters. The summed E-state index contributed by atoms with van der Waals surface area (Å²) in [5.41, 5.74) is 3.09. The van der Waals surface area contributed by atoms with E-state index in [0.29, 0.717) is 32.6 Å². The molecular weight excluding hydrogens is 542 g/mol. The Kier molecular flexibility index (Phi) is 10.8. The van der Waals surface area contributed by atoms with Crippen molar-refractivity contribution >= 4 is 29.7 Å². The number of aryl methyl sites for hydroxylation is 2. The second-order valence-electron chi connectivity index (χ2n) is 10.4. The van der Waals surface area contributed by atoms with Crippen LogP contribution in [0.2, 0.25) is 0 Å². The van der Waals surface area contributed by atoms with E-state index < -0.39 is 30.2 Å². The minimum Gasteiger partial charge on any atom is -0.444 e. The van der Waals surface area contributed by atoms with Crippen LogP contribution in [0.1, 0.15) is 36.5 Å². The minimum absolute atomic E-state index is 0.180. The lowest BCUT2D eigenvalue weighted by Crippen LogP contribution is -2.56. The van der Waals surface area contributed by atoms with Gasteiger partial charge in [0.15, 0.2) is 6.10 Å². The standard InChI is InChI=1S/C31H39N3O6S/c1-4-27-29(36)33(18-24-13-9-8-10-21(24)2)22(3)41-20-34(27)30(37)28(35)26(15-14-23-11-6-5-7-12-23)32-31(38)40-25-16-17-39-19-25/h4-13,22,25-28,35H,1,14-20H2,2-3H3,(H,32,38)/t22?,25?,26-,27-,28-/m0/s1. The molecule has 3 amide bonds. The SMILES string of the molecule is C=C[C@H]1C(=O)N(Cc2ccccc2C)C(C)SCN1C(=O)[C@@H](O)[C@H](CCc1ccccc1)NC(=O)OC1CCOC1. The summed E-state index contributed by atoms with van der Waals surface area (Å²) in [6.07, 6.45) is 0.152. The number of aliphatic hydroxyl groups excluding tert-OH is 1. The van der Waals surface area contributed by atoms with Crippen LogP contribution in [0.15, 0.2) is 67.3 Å². The number of amides is 3. The van der Waals surface area contributed by atoms with E-state index in [0.717, 1.165) is 16.7 Å². The van der Waals surface area contributed by atoms with Gasteiger partial charge in [0.05, 0.1) is 30.5 Å². The molecule has 0 aliphatic carbocycles. The molecule has 2 fully saturated rings. The topological polar surface area (TPSA) is 108 Å². The van der Waals surface area contributed by atoms with Crippen LogP contribution in [0, 0.1) is 6.92 Å². The summed E-state index contributed by atoms with van der Waals surface area (Å²) < 4.78 is 10.7. The van der Waals surface area contributed by atoms with Gasteiger partial charge in [0.1, 0.15) is 12.1 Å². The highest BCUT2D eigenvalue weighted by molar-refractivity contribution is 7.99. The van der Waals surface area contributed by atoms with E-state index in [-0.39, 0.29) is 29.7 Å². The molecule has 2 aromatic rings. The van der Waals surface area contributed by atoms with Crippen LogP contribution in [-0.4, -0.2) is 81.6 Å². The molecule has 4 rings (SSSR count). The van der Waals surface area contributed by atoms with Crippen molar-refractivity contribution in [3.8, 4) is 0 Å². The summed E-state index contributed by atoms with van der Waals surface area (Å²) in [5.74, 6) is -0.738. The second-order valence-corrected chi connectivity index (χ2v) is 11.7. The average molecular weight is 582 g/mol. The Morgan fingerprint density at radius 1 is 1.22 bits per heavy atom. The van der Waals surface area contributed by atoms with Gasteiger partial charge in [0, 0.05) is 13.0 Å². The highest BCUT2D eigenvalue weighted by Gasteiger charge is 2.41. The number of hydrogen-bond donors (Lipinski definition) is 2. The molecule has 0 saturated carbocycles. The van der Waals surface area contributed by atoms with Crippen molar-refractivity contribution in [1.29, 1.82) is 0 Å². The average Bonchev–Trinajstić information content (AvgIpc) is 3.45. The molecule has 2 saturated heterocycles.